The van der Waals surface area contributed by atoms with Crippen molar-refractivity contribution in [2.24, 2.45) is 0 Å². The molecular weight excluding hydrogens is 455 g/mol. The summed E-state index contributed by atoms with van der Waals surface area (Å²) in [5.41, 5.74) is 4.00. The quantitative estimate of drug-likeness (QED) is 0.330. The van der Waals surface area contributed by atoms with Crippen LogP contribution in [0.2, 0.25) is 10.0 Å². The summed E-state index contributed by atoms with van der Waals surface area (Å²) in [7, 11) is 0. The molecule has 0 saturated heterocycles. The Hall–Kier alpha value is -2.38. The Morgan fingerprint density at radius 3 is 1.43 bits per heavy atom. The number of anilines is 2. The summed E-state index contributed by atoms with van der Waals surface area (Å²) in [4.78, 5) is 0. The number of thiocarbonyl (C=S) groups is 2. The standard InChI is InChI=1S/C22H20Cl2N4S2/c23-17-4-8-19(9-5-17)27-21(29)25-13-15-2-1-3-16(12-15)14-26-22(30)28-20-10-6-18(24)7-11-20/h1-12H,13-14H2,(H2,25,27,29)(H2,26,28,30). The van der Waals surface area contributed by atoms with Crippen LogP contribution in [0.3, 0.4) is 0 Å². The maximum Gasteiger partial charge on any atom is 0.171 e. The van der Waals surface area contributed by atoms with E-state index in [0.717, 1.165) is 22.5 Å². The van der Waals surface area contributed by atoms with Crippen molar-refractivity contribution < 1.29 is 0 Å². The molecule has 0 aliphatic rings. The summed E-state index contributed by atoms with van der Waals surface area (Å²) in [6, 6.07) is 23.0. The number of halogens is 2. The highest BCUT2D eigenvalue weighted by Crippen LogP contribution is 2.14. The largest absolute Gasteiger partial charge is 0.358 e. The number of hydrogen-bond acceptors (Lipinski definition) is 2. The van der Waals surface area contributed by atoms with Crippen LogP contribution in [0.4, 0.5) is 11.4 Å². The number of hydrogen-bond donors (Lipinski definition) is 4. The Morgan fingerprint density at radius 2 is 1.03 bits per heavy atom. The molecule has 0 unspecified atom stereocenters. The minimum Gasteiger partial charge on any atom is -0.358 e. The van der Waals surface area contributed by atoms with E-state index < -0.39 is 0 Å². The van der Waals surface area contributed by atoms with Crippen molar-refractivity contribution in [3.05, 3.63) is 94.0 Å². The highest BCUT2D eigenvalue weighted by Gasteiger charge is 2.02. The van der Waals surface area contributed by atoms with E-state index in [1.165, 1.54) is 0 Å². The molecule has 8 heteroatoms. The van der Waals surface area contributed by atoms with Gasteiger partial charge in [0.15, 0.2) is 10.2 Å². The summed E-state index contributed by atoms with van der Waals surface area (Å²) in [6.45, 7) is 1.22. The van der Waals surface area contributed by atoms with Crippen molar-refractivity contribution in [1.82, 2.24) is 10.6 Å². The van der Waals surface area contributed by atoms with Crippen LogP contribution in [0.15, 0.2) is 72.8 Å². The van der Waals surface area contributed by atoms with Gasteiger partial charge in [0, 0.05) is 34.5 Å². The molecule has 4 nitrogen and oxygen atoms in total. The Labute approximate surface area is 197 Å². The van der Waals surface area contributed by atoms with Gasteiger partial charge in [-0.3, -0.25) is 0 Å². The van der Waals surface area contributed by atoms with E-state index in [-0.39, 0.29) is 0 Å². The third-order valence-corrected chi connectivity index (χ3v) is 5.10. The molecule has 0 bridgehead atoms. The second-order valence-corrected chi connectivity index (χ2v) is 8.14. The van der Waals surface area contributed by atoms with Gasteiger partial charge in [-0.05, 0) is 84.1 Å². The molecule has 0 saturated carbocycles. The number of nitrogens with one attached hydrogen (secondary N) is 4. The fourth-order valence-corrected chi connectivity index (χ4v) is 3.26. The molecule has 3 aromatic carbocycles. The molecule has 0 amide bonds. The summed E-state index contributed by atoms with van der Waals surface area (Å²) >= 11 is 22.5. The summed E-state index contributed by atoms with van der Waals surface area (Å²) in [6.07, 6.45) is 0. The van der Waals surface area contributed by atoms with Gasteiger partial charge >= 0.3 is 0 Å². The van der Waals surface area contributed by atoms with Crippen LogP contribution in [-0.2, 0) is 13.1 Å². The first-order chi connectivity index (χ1) is 14.5. The second-order valence-electron chi connectivity index (χ2n) is 6.45. The molecule has 0 radical (unpaired) electrons. The Balaban J connectivity index is 1.45. The van der Waals surface area contributed by atoms with E-state index in [1.807, 2.05) is 66.7 Å². The molecule has 0 atom stereocenters. The van der Waals surface area contributed by atoms with Crippen LogP contribution in [0, 0.1) is 0 Å². The molecule has 3 rings (SSSR count). The van der Waals surface area contributed by atoms with Crippen molar-refractivity contribution >= 4 is 69.2 Å². The van der Waals surface area contributed by atoms with Crippen LogP contribution in [-0.4, -0.2) is 10.2 Å². The highest BCUT2D eigenvalue weighted by atomic mass is 35.5. The second kappa shape index (κ2) is 11.1. The van der Waals surface area contributed by atoms with E-state index in [9.17, 15) is 0 Å². The average Bonchev–Trinajstić information content (AvgIpc) is 2.74. The van der Waals surface area contributed by atoms with Gasteiger partial charge in [0.1, 0.15) is 0 Å². The smallest absolute Gasteiger partial charge is 0.171 e. The predicted octanol–water partition coefficient (Wildman–Crippen LogP) is 5.97. The van der Waals surface area contributed by atoms with Crippen molar-refractivity contribution in [3.8, 4) is 0 Å². The third kappa shape index (κ3) is 7.46. The van der Waals surface area contributed by atoms with Gasteiger partial charge < -0.3 is 21.3 Å². The van der Waals surface area contributed by atoms with Crippen LogP contribution >= 0.6 is 47.6 Å². The zero-order chi connectivity index (χ0) is 21.3. The van der Waals surface area contributed by atoms with Gasteiger partial charge in [0.25, 0.3) is 0 Å². The lowest BCUT2D eigenvalue weighted by molar-refractivity contribution is 0.896. The van der Waals surface area contributed by atoms with Crippen molar-refractivity contribution in [3.63, 3.8) is 0 Å². The maximum atomic E-state index is 5.90. The van der Waals surface area contributed by atoms with Crippen molar-refractivity contribution in [2.75, 3.05) is 10.6 Å². The molecule has 3 aromatic rings. The molecular formula is C22H20Cl2N4S2. The molecule has 0 aromatic heterocycles. The van der Waals surface area contributed by atoms with Gasteiger partial charge in [0.2, 0.25) is 0 Å². The Kier molecular flexibility index (Phi) is 8.28. The van der Waals surface area contributed by atoms with E-state index in [2.05, 4.69) is 27.3 Å². The molecule has 154 valence electrons. The lowest BCUT2D eigenvalue weighted by atomic mass is 10.1. The van der Waals surface area contributed by atoms with E-state index in [0.29, 0.717) is 33.4 Å². The van der Waals surface area contributed by atoms with Crippen molar-refractivity contribution in [2.45, 2.75) is 13.1 Å². The number of benzene rings is 3. The third-order valence-electron chi connectivity index (χ3n) is 4.10. The van der Waals surface area contributed by atoms with Gasteiger partial charge in [-0.1, -0.05) is 47.5 Å². The Bertz CT molecular complexity index is 930. The van der Waals surface area contributed by atoms with Gasteiger partial charge in [-0.25, -0.2) is 0 Å². The first-order valence-electron chi connectivity index (χ1n) is 9.16. The first-order valence-corrected chi connectivity index (χ1v) is 10.7. The summed E-state index contributed by atoms with van der Waals surface area (Å²) in [5, 5.41) is 15.2. The SMILES string of the molecule is S=C(NCc1cccc(CNC(=S)Nc2ccc(Cl)cc2)c1)Nc1ccc(Cl)cc1. The average molecular weight is 475 g/mol. The van der Waals surface area contributed by atoms with Gasteiger partial charge in [0.05, 0.1) is 0 Å². The summed E-state index contributed by atoms with van der Waals surface area (Å²) in [5.74, 6) is 0. The van der Waals surface area contributed by atoms with Gasteiger partial charge in [-0.15, -0.1) is 0 Å². The highest BCUT2D eigenvalue weighted by molar-refractivity contribution is 7.80. The van der Waals surface area contributed by atoms with E-state index in [1.54, 1.807) is 0 Å². The molecule has 0 heterocycles. The lowest BCUT2D eigenvalue weighted by Gasteiger charge is -2.13. The maximum absolute atomic E-state index is 5.90. The normalized spacial score (nSPS) is 10.2. The number of rotatable bonds is 6. The molecule has 0 aliphatic heterocycles. The van der Waals surface area contributed by atoms with Crippen molar-refractivity contribution in [1.29, 1.82) is 0 Å². The summed E-state index contributed by atoms with van der Waals surface area (Å²) < 4.78 is 0. The minimum absolute atomic E-state index is 0.550. The van der Waals surface area contributed by atoms with Crippen LogP contribution in [0.25, 0.3) is 0 Å². The lowest BCUT2D eigenvalue weighted by Crippen LogP contribution is -2.28. The molecule has 0 spiro atoms. The van der Waals surface area contributed by atoms with Crippen LogP contribution in [0.1, 0.15) is 11.1 Å². The predicted molar refractivity (Wildman–Crippen MR) is 135 cm³/mol. The van der Waals surface area contributed by atoms with Crippen LogP contribution in [0.5, 0.6) is 0 Å². The first kappa shape index (κ1) is 22.3. The monoisotopic (exact) mass is 474 g/mol. The molecule has 30 heavy (non-hydrogen) atoms. The van der Waals surface area contributed by atoms with Crippen LogP contribution < -0.4 is 21.3 Å². The molecule has 0 aliphatic carbocycles. The zero-order valence-corrected chi connectivity index (χ0v) is 19.1. The topological polar surface area (TPSA) is 48.1 Å². The fourth-order valence-electron chi connectivity index (χ4n) is 2.63. The molecule has 0 fully saturated rings. The molecule has 4 N–H and O–H groups in total. The van der Waals surface area contributed by atoms with Gasteiger partial charge in [-0.2, -0.15) is 0 Å². The van der Waals surface area contributed by atoms with E-state index >= 15 is 0 Å². The zero-order valence-electron chi connectivity index (χ0n) is 15.9. The fraction of sp³-hybridized carbons (Fsp3) is 0.0909. The van der Waals surface area contributed by atoms with E-state index in [4.69, 9.17) is 47.6 Å². The minimum atomic E-state index is 0.550. The Morgan fingerprint density at radius 1 is 0.633 bits per heavy atom.